The second-order valence-corrected chi connectivity index (χ2v) is 5.27. The van der Waals surface area contributed by atoms with Gasteiger partial charge < -0.3 is 14.7 Å². The number of rotatable bonds is 1. The second-order valence-electron chi connectivity index (χ2n) is 5.27. The highest BCUT2D eigenvalue weighted by Gasteiger charge is 2.25. The summed E-state index contributed by atoms with van der Waals surface area (Å²) in [5, 5.41) is 0. The van der Waals surface area contributed by atoms with Crippen LogP contribution < -0.4 is 0 Å². The van der Waals surface area contributed by atoms with Crippen molar-refractivity contribution in [2.24, 2.45) is 0 Å². The number of carbonyl (C=O) groups excluding carboxylic acids is 2. The molecule has 0 atom stereocenters. The highest BCUT2D eigenvalue weighted by atomic mass is 16.2. The molecule has 0 N–H and O–H groups in total. The van der Waals surface area contributed by atoms with Crippen LogP contribution in [0.5, 0.6) is 0 Å². The highest BCUT2D eigenvalue weighted by Crippen LogP contribution is 2.13. The number of aryl methyl sites for hydroxylation is 1. The minimum Gasteiger partial charge on any atom is -0.335 e. The lowest BCUT2D eigenvalue weighted by Gasteiger charge is -2.36. The van der Waals surface area contributed by atoms with Crippen molar-refractivity contribution < 1.29 is 9.59 Å². The molecule has 0 unspecified atom stereocenters. The molecule has 0 bridgehead atoms. The molecular weight excluding hydrogens is 254 g/mol. The first-order valence-corrected chi connectivity index (χ1v) is 6.82. The lowest BCUT2D eigenvalue weighted by atomic mass is 10.1. The molecule has 0 saturated carbocycles. The molecule has 2 rings (SSSR count). The van der Waals surface area contributed by atoms with Crippen LogP contribution in [-0.2, 0) is 0 Å². The summed E-state index contributed by atoms with van der Waals surface area (Å²) in [5.74, 6) is 0.0556. The van der Waals surface area contributed by atoms with Gasteiger partial charge in [-0.05, 0) is 18.6 Å². The number of benzene rings is 1. The molecule has 108 valence electrons. The fraction of sp³-hybridized carbons (Fsp3) is 0.467. The van der Waals surface area contributed by atoms with Crippen molar-refractivity contribution in [2.75, 3.05) is 40.3 Å². The molecule has 0 aliphatic carbocycles. The van der Waals surface area contributed by atoms with Crippen LogP contribution in [0.1, 0.15) is 15.9 Å². The monoisotopic (exact) mass is 275 g/mol. The molecule has 3 amide bonds. The van der Waals surface area contributed by atoms with Crippen LogP contribution in [0.15, 0.2) is 24.3 Å². The Morgan fingerprint density at radius 3 is 2.10 bits per heavy atom. The third-order valence-corrected chi connectivity index (χ3v) is 3.60. The van der Waals surface area contributed by atoms with Crippen molar-refractivity contribution in [3.05, 3.63) is 35.4 Å². The summed E-state index contributed by atoms with van der Waals surface area (Å²) in [4.78, 5) is 29.5. The van der Waals surface area contributed by atoms with Gasteiger partial charge >= 0.3 is 6.03 Å². The number of amides is 3. The summed E-state index contributed by atoms with van der Waals surface area (Å²) in [5.41, 5.74) is 1.74. The normalized spacial score (nSPS) is 15.2. The van der Waals surface area contributed by atoms with E-state index in [0.717, 1.165) is 11.1 Å². The predicted molar refractivity (Wildman–Crippen MR) is 77.7 cm³/mol. The third-order valence-electron chi connectivity index (χ3n) is 3.60. The van der Waals surface area contributed by atoms with Gasteiger partial charge in [0.15, 0.2) is 0 Å². The van der Waals surface area contributed by atoms with Crippen LogP contribution in [0.25, 0.3) is 0 Å². The first kappa shape index (κ1) is 14.4. The molecule has 1 aliphatic rings. The van der Waals surface area contributed by atoms with E-state index in [1.165, 1.54) is 0 Å². The van der Waals surface area contributed by atoms with Crippen molar-refractivity contribution in [1.82, 2.24) is 14.7 Å². The summed E-state index contributed by atoms with van der Waals surface area (Å²) in [7, 11) is 3.49. The van der Waals surface area contributed by atoms with Crippen LogP contribution in [0.4, 0.5) is 4.79 Å². The van der Waals surface area contributed by atoms with Gasteiger partial charge in [-0.1, -0.05) is 18.2 Å². The zero-order valence-corrected chi connectivity index (χ0v) is 12.3. The molecule has 20 heavy (non-hydrogen) atoms. The largest absolute Gasteiger partial charge is 0.335 e. The molecule has 1 saturated heterocycles. The molecule has 0 aromatic heterocycles. The lowest BCUT2D eigenvalue weighted by Crippen LogP contribution is -2.52. The van der Waals surface area contributed by atoms with Crippen molar-refractivity contribution in [3.63, 3.8) is 0 Å². The van der Waals surface area contributed by atoms with Crippen molar-refractivity contribution >= 4 is 11.9 Å². The number of nitrogens with zero attached hydrogens (tertiary/aromatic N) is 3. The van der Waals surface area contributed by atoms with Gasteiger partial charge in [-0.15, -0.1) is 0 Å². The summed E-state index contributed by atoms with van der Waals surface area (Å²) in [6.45, 7) is 4.31. The van der Waals surface area contributed by atoms with Crippen molar-refractivity contribution in [1.29, 1.82) is 0 Å². The van der Waals surface area contributed by atoms with Crippen LogP contribution in [0.3, 0.4) is 0 Å². The SMILES string of the molecule is Cc1ccccc1C(=O)N1CCN(C(=O)N(C)C)CC1. The van der Waals surface area contributed by atoms with Gasteiger partial charge in [0.1, 0.15) is 0 Å². The Kier molecular flexibility index (Phi) is 4.27. The van der Waals surface area contributed by atoms with Gasteiger partial charge in [0.2, 0.25) is 0 Å². The maximum absolute atomic E-state index is 12.4. The van der Waals surface area contributed by atoms with Gasteiger partial charge in [-0.25, -0.2) is 4.79 Å². The number of hydrogen-bond acceptors (Lipinski definition) is 2. The summed E-state index contributed by atoms with van der Waals surface area (Å²) >= 11 is 0. The molecule has 1 heterocycles. The number of hydrogen-bond donors (Lipinski definition) is 0. The van der Waals surface area contributed by atoms with Crippen molar-refractivity contribution in [3.8, 4) is 0 Å². The molecule has 5 nitrogen and oxygen atoms in total. The second kappa shape index (κ2) is 5.94. The van der Waals surface area contributed by atoms with E-state index in [2.05, 4.69) is 0 Å². The summed E-state index contributed by atoms with van der Waals surface area (Å²) in [6, 6.07) is 7.62. The first-order chi connectivity index (χ1) is 9.50. The van der Waals surface area contributed by atoms with E-state index in [9.17, 15) is 9.59 Å². The number of piperazine rings is 1. The fourth-order valence-corrected chi connectivity index (χ4v) is 2.37. The number of carbonyl (C=O) groups is 2. The van der Waals surface area contributed by atoms with Gasteiger partial charge in [-0.2, -0.15) is 0 Å². The Morgan fingerprint density at radius 1 is 1.00 bits per heavy atom. The highest BCUT2D eigenvalue weighted by molar-refractivity contribution is 5.95. The smallest absolute Gasteiger partial charge is 0.319 e. The summed E-state index contributed by atoms with van der Waals surface area (Å²) in [6.07, 6.45) is 0. The Balaban J connectivity index is 1.99. The van der Waals surface area contributed by atoms with E-state index in [0.29, 0.717) is 26.2 Å². The van der Waals surface area contributed by atoms with Crippen LogP contribution in [0.2, 0.25) is 0 Å². The molecule has 1 aromatic carbocycles. The van der Waals surface area contributed by atoms with Gasteiger partial charge in [0.25, 0.3) is 5.91 Å². The van der Waals surface area contributed by atoms with Crippen LogP contribution >= 0.6 is 0 Å². The van der Waals surface area contributed by atoms with E-state index < -0.39 is 0 Å². The topological polar surface area (TPSA) is 43.9 Å². The standard InChI is InChI=1S/C15H21N3O2/c1-12-6-4-5-7-13(12)14(19)17-8-10-18(11-9-17)15(20)16(2)3/h4-7H,8-11H2,1-3H3. The first-order valence-electron chi connectivity index (χ1n) is 6.82. The minimum absolute atomic E-state index is 0.00740. The molecule has 0 radical (unpaired) electrons. The van der Waals surface area contributed by atoms with E-state index in [4.69, 9.17) is 0 Å². The quantitative estimate of drug-likeness (QED) is 0.778. The van der Waals surface area contributed by atoms with E-state index in [1.54, 1.807) is 23.9 Å². The zero-order chi connectivity index (χ0) is 14.7. The minimum atomic E-state index is 0.00740. The van der Waals surface area contributed by atoms with Crippen LogP contribution in [0, 0.1) is 6.92 Å². The summed E-state index contributed by atoms with van der Waals surface area (Å²) < 4.78 is 0. The molecule has 1 aromatic rings. The predicted octanol–water partition coefficient (Wildman–Crippen LogP) is 1.43. The molecule has 5 heteroatoms. The average molecular weight is 275 g/mol. The molecular formula is C15H21N3O2. The zero-order valence-electron chi connectivity index (χ0n) is 12.3. The fourth-order valence-electron chi connectivity index (χ4n) is 2.37. The number of urea groups is 1. The third kappa shape index (κ3) is 2.92. The Labute approximate surface area is 119 Å². The maximum Gasteiger partial charge on any atom is 0.319 e. The lowest BCUT2D eigenvalue weighted by molar-refractivity contribution is 0.0649. The van der Waals surface area contributed by atoms with Gasteiger partial charge in [0, 0.05) is 45.8 Å². The van der Waals surface area contributed by atoms with E-state index >= 15 is 0 Å². The Bertz CT molecular complexity index is 506. The van der Waals surface area contributed by atoms with E-state index in [-0.39, 0.29) is 11.9 Å². The van der Waals surface area contributed by atoms with Gasteiger partial charge in [-0.3, -0.25) is 4.79 Å². The molecule has 1 aliphatic heterocycles. The van der Waals surface area contributed by atoms with E-state index in [1.807, 2.05) is 36.1 Å². The Morgan fingerprint density at radius 2 is 1.55 bits per heavy atom. The van der Waals surface area contributed by atoms with Gasteiger partial charge in [0.05, 0.1) is 0 Å². The Hall–Kier alpha value is -2.04. The maximum atomic E-state index is 12.4. The van der Waals surface area contributed by atoms with Crippen molar-refractivity contribution in [2.45, 2.75) is 6.92 Å². The average Bonchev–Trinajstić information content (AvgIpc) is 2.46. The molecule has 1 fully saturated rings. The molecule has 0 spiro atoms. The van der Waals surface area contributed by atoms with Crippen LogP contribution in [-0.4, -0.2) is 66.9 Å².